The van der Waals surface area contributed by atoms with Crippen LogP contribution in [0.1, 0.15) is 18.2 Å². The van der Waals surface area contributed by atoms with Crippen LogP contribution in [-0.2, 0) is 31.6 Å². The van der Waals surface area contributed by atoms with Gasteiger partial charge < -0.3 is 23.9 Å². The molecule has 1 aromatic heterocycles. The number of ether oxygens (including phenoxy) is 1. The zero-order valence-corrected chi connectivity index (χ0v) is 17.6. The van der Waals surface area contributed by atoms with Gasteiger partial charge in [-0.1, -0.05) is 0 Å². The number of rotatable bonds is 8. The minimum absolute atomic E-state index is 0.179. The third-order valence-corrected chi connectivity index (χ3v) is 7.86. The van der Waals surface area contributed by atoms with E-state index in [-0.39, 0.29) is 12.0 Å². The molecule has 1 aromatic rings. The van der Waals surface area contributed by atoms with Crippen LogP contribution in [0.4, 0.5) is 4.39 Å². The fraction of sp³-hybridized carbons (Fsp3) is 0.636. The van der Waals surface area contributed by atoms with E-state index in [9.17, 15) is 32.6 Å². The molecule has 0 aromatic carbocycles. The van der Waals surface area contributed by atoms with Crippen LogP contribution in [0.2, 0.25) is 0 Å². The molecule has 2 heterocycles. The number of nitrogens with one attached hydrogen (secondary N) is 1. The third-order valence-electron chi connectivity index (χ3n) is 3.55. The summed E-state index contributed by atoms with van der Waals surface area (Å²) in [4.78, 5) is 51.5. The highest BCUT2D eigenvalue weighted by atomic mass is 31.3. The Bertz CT molecular complexity index is 1020. The Morgan fingerprint density at radius 1 is 1.28 bits per heavy atom. The summed E-state index contributed by atoms with van der Waals surface area (Å²) in [7, 11) is -15.3. The number of phosphoric acid groups is 2. The van der Waals surface area contributed by atoms with Crippen molar-refractivity contribution >= 4 is 23.2 Å². The number of hydrogen-bond donors (Lipinski definition) is 4. The van der Waals surface area contributed by atoms with Crippen LogP contribution in [0, 0.1) is 6.92 Å². The van der Waals surface area contributed by atoms with E-state index in [0.29, 0.717) is 6.66 Å². The van der Waals surface area contributed by atoms with Crippen LogP contribution < -0.4 is 11.2 Å². The van der Waals surface area contributed by atoms with Gasteiger partial charge in [-0.3, -0.25) is 18.9 Å². The average molecular weight is 482 g/mol. The number of aromatic amines is 1. The summed E-state index contributed by atoms with van der Waals surface area (Å²) in [5.41, 5.74) is -1.27. The molecule has 0 spiro atoms. The Kier molecular flexibility index (Phi) is 7.24. The minimum atomic E-state index is -5.45. The summed E-state index contributed by atoms with van der Waals surface area (Å²) < 4.78 is 67.0. The van der Waals surface area contributed by atoms with Crippen molar-refractivity contribution < 1.29 is 50.6 Å². The van der Waals surface area contributed by atoms with E-state index in [2.05, 4.69) is 8.62 Å². The highest BCUT2D eigenvalue weighted by Crippen LogP contribution is 2.66. The molecule has 0 radical (unpaired) electrons. The van der Waals surface area contributed by atoms with E-state index in [1.165, 1.54) is 13.1 Å². The van der Waals surface area contributed by atoms with E-state index < -0.39 is 59.6 Å². The first-order chi connectivity index (χ1) is 13.1. The third kappa shape index (κ3) is 7.04. The van der Waals surface area contributed by atoms with Gasteiger partial charge >= 0.3 is 28.9 Å². The molecule has 2 unspecified atom stereocenters. The SMILES string of the molecule is Cc1cn([C@H]2C[C@H](F)[C@@H](COP(C)(=O)OP(=O)(O)OP(=O)(O)O)O2)c(=O)[nH]c1=O. The number of hydrogen-bond acceptors (Lipinski definition) is 9. The summed E-state index contributed by atoms with van der Waals surface area (Å²) in [6.45, 7) is 1.36. The van der Waals surface area contributed by atoms with Gasteiger partial charge in [-0.25, -0.2) is 22.6 Å². The maximum absolute atomic E-state index is 14.2. The summed E-state index contributed by atoms with van der Waals surface area (Å²) in [5, 5.41) is 0. The predicted molar refractivity (Wildman–Crippen MR) is 93.0 cm³/mol. The molecule has 166 valence electrons. The van der Waals surface area contributed by atoms with Crippen LogP contribution in [0.15, 0.2) is 15.8 Å². The molecule has 1 aliphatic heterocycles. The Morgan fingerprint density at radius 2 is 1.90 bits per heavy atom. The van der Waals surface area contributed by atoms with Crippen LogP contribution in [-0.4, -0.2) is 49.8 Å². The monoisotopic (exact) mass is 482 g/mol. The second kappa shape index (κ2) is 8.64. The van der Waals surface area contributed by atoms with Crippen LogP contribution in [0.25, 0.3) is 0 Å². The van der Waals surface area contributed by atoms with Crippen molar-refractivity contribution in [3.63, 3.8) is 0 Å². The number of aryl methyl sites for hydroxylation is 1. The molecule has 1 fully saturated rings. The van der Waals surface area contributed by atoms with Gasteiger partial charge in [0.15, 0.2) is 0 Å². The first kappa shape index (κ1) is 24.3. The molecule has 0 amide bonds. The Balaban J connectivity index is 2.03. The van der Waals surface area contributed by atoms with Crippen LogP contribution >= 0.6 is 23.2 Å². The molecule has 0 saturated carbocycles. The van der Waals surface area contributed by atoms with E-state index in [4.69, 9.17) is 19.0 Å². The molecule has 0 bridgehead atoms. The zero-order chi connectivity index (χ0) is 22.2. The average Bonchev–Trinajstić information content (AvgIpc) is 2.86. The molecule has 1 aliphatic rings. The van der Waals surface area contributed by atoms with Crippen molar-refractivity contribution in [2.24, 2.45) is 0 Å². The van der Waals surface area contributed by atoms with Crippen molar-refractivity contribution in [3.8, 4) is 0 Å². The van der Waals surface area contributed by atoms with Crippen molar-refractivity contribution in [2.45, 2.75) is 31.8 Å². The lowest BCUT2D eigenvalue weighted by atomic mass is 10.2. The predicted octanol–water partition coefficient (Wildman–Crippen LogP) is 0.536. The lowest BCUT2D eigenvalue weighted by Gasteiger charge is -2.20. The van der Waals surface area contributed by atoms with E-state index in [1.54, 1.807) is 0 Å². The van der Waals surface area contributed by atoms with Gasteiger partial charge in [0.05, 0.1) is 6.61 Å². The van der Waals surface area contributed by atoms with Gasteiger partial charge in [-0.05, 0) is 6.92 Å². The lowest BCUT2D eigenvalue weighted by molar-refractivity contribution is -0.0320. The number of halogens is 1. The van der Waals surface area contributed by atoms with Crippen molar-refractivity contribution in [3.05, 3.63) is 32.6 Å². The topological polar surface area (TPSA) is 204 Å². The number of aromatic nitrogens is 2. The van der Waals surface area contributed by atoms with Crippen molar-refractivity contribution in [1.29, 1.82) is 0 Å². The molecular formula is C11H18FN2O12P3. The molecule has 2 rings (SSSR count). The largest absolute Gasteiger partial charge is 0.488 e. The second-order valence-electron chi connectivity index (χ2n) is 6.05. The standard InChI is InChI=1S/C11H18FN2O12P3/c1-6-4-14(11(16)13-10(6)15)9-3-7(12)8(24-9)5-23-27(2,17)25-29(21,22)26-28(18,19)20/h4,7-9H,3,5H2,1-2H3,(H,21,22)(H,13,15,16)(H2,18,19,20)/t7-,8+,9+,27?/m0/s1. The first-order valence-corrected chi connectivity index (χ1v) is 12.7. The highest BCUT2D eigenvalue weighted by molar-refractivity contribution is 7.68. The highest BCUT2D eigenvalue weighted by Gasteiger charge is 2.41. The van der Waals surface area contributed by atoms with Gasteiger partial charge in [-0.15, -0.1) is 0 Å². The van der Waals surface area contributed by atoms with Crippen molar-refractivity contribution in [1.82, 2.24) is 9.55 Å². The quantitative estimate of drug-likeness (QED) is 0.375. The zero-order valence-electron chi connectivity index (χ0n) is 14.9. The molecule has 29 heavy (non-hydrogen) atoms. The van der Waals surface area contributed by atoms with E-state index in [1.807, 2.05) is 4.98 Å². The molecule has 1 saturated heterocycles. The summed E-state index contributed by atoms with van der Waals surface area (Å²) in [6, 6.07) is 0. The van der Waals surface area contributed by atoms with Crippen molar-refractivity contribution in [2.75, 3.05) is 13.3 Å². The molecule has 18 heteroatoms. The number of H-pyrrole nitrogens is 1. The van der Waals surface area contributed by atoms with Gasteiger partial charge in [0.25, 0.3) is 5.56 Å². The molecule has 0 aliphatic carbocycles. The maximum Gasteiger partial charge on any atom is 0.488 e. The Morgan fingerprint density at radius 3 is 2.48 bits per heavy atom. The second-order valence-corrected chi connectivity index (χ2v) is 11.1. The normalized spacial score (nSPS) is 26.8. The molecule has 14 nitrogen and oxygen atoms in total. The smallest absolute Gasteiger partial charge is 0.349 e. The maximum atomic E-state index is 14.2. The van der Waals surface area contributed by atoms with E-state index >= 15 is 0 Å². The number of alkyl halides is 1. The summed E-state index contributed by atoms with van der Waals surface area (Å²) in [6.07, 6.45) is -3.31. The van der Waals surface area contributed by atoms with E-state index in [0.717, 1.165) is 4.57 Å². The molecule has 5 atom stereocenters. The van der Waals surface area contributed by atoms with Gasteiger partial charge in [0, 0.05) is 24.8 Å². The lowest BCUT2D eigenvalue weighted by Crippen LogP contribution is -2.33. The van der Waals surface area contributed by atoms with Crippen LogP contribution in [0.5, 0.6) is 0 Å². The van der Waals surface area contributed by atoms with Crippen LogP contribution in [0.3, 0.4) is 0 Å². The Labute approximate surface area is 162 Å². The fourth-order valence-corrected chi connectivity index (χ4v) is 5.95. The first-order valence-electron chi connectivity index (χ1n) is 7.73. The van der Waals surface area contributed by atoms with Gasteiger partial charge in [0.1, 0.15) is 18.5 Å². The summed E-state index contributed by atoms with van der Waals surface area (Å²) >= 11 is 0. The molecule has 4 N–H and O–H groups in total. The van der Waals surface area contributed by atoms with Gasteiger partial charge in [-0.2, -0.15) is 4.31 Å². The van der Waals surface area contributed by atoms with Gasteiger partial charge in [0.2, 0.25) is 0 Å². The fourth-order valence-electron chi connectivity index (χ4n) is 2.38. The molecular weight excluding hydrogens is 464 g/mol. The Hall–Kier alpha value is -0.980. The summed E-state index contributed by atoms with van der Waals surface area (Å²) in [5.74, 6) is 0. The number of nitrogens with zero attached hydrogens (tertiary/aromatic N) is 1. The minimum Gasteiger partial charge on any atom is -0.349 e.